The summed E-state index contributed by atoms with van der Waals surface area (Å²) in [7, 11) is 0. The summed E-state index contributed by atoms with van der Waals surface area (Å²) in [5, 5.41) is 3.39. The minimum atomic E-state index is 0. The van der Waals surface area contributed by atoms with Gasteiger partial charge in [-0.25, -0.2) is 4.98 Å². The second-order valence-corrected chi connectivity index (χ2v) is 7.73. The Balaban J connectivity index is 0.00000196. The highest BCUT2D eigenvalue weighted by Crippen LogP contribution is 2.32. The number of nitrogens with one attached hydrogen (secondary N) is 1. The van der Waals surface area contributed by atoms with Crippen LogP contribution in [0, 0.1) is 5.92 Å². The largest absolute Gasteiger partial charge is 0.493 e. The number of aromatic nitrogens is 1. The molecule has 156 valence electrons. The fraction of sp³-hybridized carbons (Fsp3) is 0.500. The Hall–Kier alpha value is -1.49. The number of rotatable bonds is 6. The second-order valence-electron chi connectivity index (χ2n) is 7.73. The van der Waals surface area contributed by atoms with Crippen molar-refractivity contribution in [1.29, 1.82) is 0 Å². The van der Waals surface area contributed by atoms with Crippen molar-refractivity contribution in [2.75, 3.05) is 37.7 Å². The quantitative estimate of drug-likeness (QED) is 0.693. The molecule has 2 heterocycles. The first-order valence-electron chi connectivity index (χ1n) is 9.74. The summed E-state index contributed by atoms with van der Waals surface area (Å²) >= 11 is 0. The highest BCUT2D eigenvalue weighted by Gasteiger charge is 2.14. The van der Waals surface area contributed by atoms with E-state index in [0.717, 1.165) is 55.6 Å². The number of anilines is 1. The molecule has 3 rings (SSSR count). The van der Waals surface area contributed by atoms with Crippen molar-refractivity contribution < 1.29 is 4.74 Å². The fourth-order valence-corrected chi connectivity index (χ4v) is 3.21. The maximum absolute atomic E-state index is 6.12. The minimum absolute atomic E-state index is 0. The Labute approximate surface area is 181 Å². The molecule has 1 N–H and O–H groups in total. The summed E-state index contributed by atoms with van der Waals surface area (Å²) < 4.78 is 6.12. The summed E-state index contributed by atoms with van der Waals surface area (Å²) in [4.78, 5) is 7.27. The van der Waals surface area contributed by atoms with Crippen LogP contribution < -0.4 is 15.0 Å². The molecular formula is C22H33Cl2N3O. The molecule has 0 atom stereocenters. The third-order valence-electron chi connectivity index (χ3n) is 4.68. The van der Waals surface area contributed by atoms with Gasteiger partial charge in [-0.2, -0.15) is 0 Å². The van der Waals surface area contributed by atoms with Crippen molar-refractivity contribution in [2.45, 2.75) is 33.6 Å². The minimum Gasteiger partial charge on any atom is -0.493 e. The molecule has 0 radical (unpaired) electrons. The van der Waals surface area contributed by atoms with E-state index in [1.807, 2.05) is 0 Å². The van der Waals surface area contributed by atoms with Gasteiger partial charge in [-0.15, -0.1) is 24.8 Å². The van der Waals surface area contributed by atoms with E-state index < -0.39 is 0 Å². The van der Waals surface area contributed by atoms with E-state index in [9.17, 15) is 0 Å². The molecule has 0 saturated carbocycles. The highest BCUT2D eigenvalue weighted by molar-refractivity contribution is 5.85. The first kappa shape index (κ1) is 24.5. The molecule has 6 heteroatoms. The van der Waals surface area contributed by atoms with Gasteiger partial charge in [-0.1, -0.05) is 45.9 Å². The van der Waals surface area contributed by atoms with Crippen molar-refractivity contribution in [2.24, 2.45) is 5.92 Å². The van der Waals surface area contributed by atoms with E-state index in [-0.39, 0.29) is 24.8 Å². The van der Waals surface area contributed by atoms with Crippen molar-refractivity contribution in [3.05, 3.63) is 42.0 Å². The Morgan fingerprint density at radius 2 is 1.75 bits per heavy atom. The molecule has 1 aliphatic rings. The van der Waals surface area contributed by atoms with E-state index in [1.54, 1.807) is 0 Å². The molecular weight excluding hydrogens is 393 g/mol. The lowest BCUT2D eigenvalue weighted by atomic mass is 9.99. The van der Waals surface area contributed by atoms with Gasteiger partial charge in [0.25, 0.3) is 0 Å². The summed E-state index contributed by atoms with van der Waals surface area (Å²) in [6, 6.07) is 12.8. The average molecular weight is 426 g/mol. The zero-order valence-electron chi connectivity index (χ0n) is 17.3. The van der Waals surface area contributed by atoms with E-state index in [1.165, 1.54) is 5.56 Å². The molecule has 1 aromatic carbocycles. The van der Waals surface area contributed by atoms with Crippen molar-refractivity contribution in [3.63, 3.8) is 0 Å². The van der Waals surface area contributed by atoms with Crippen LogP contribution in [0.4, 0.5) is 5.82 Å². The number of hydrogen-bond donors (Lipinski definition) is 1. The molecule has 1 saturated heterocycles. The molecule has 0 spiro atoms. The zero-order chi connectivity index (χ0) is 18.5. The normalized spacial score (nSPS) is 13.9. The number of ether oxygens (including phenoxy) is 1. The molecule has 2 aromatic rings. The van der Waals surface area contributed by atoms with Crippen LogP contribution in [0.2, 0.25) is 0 Å². The van der Waals surface area contributed by atoms with Crippen molar-refractivity contribution >= 4 is 30.6 Å². The summed E-state index contributed by atoms with van der Waals surface area (Å²) in [5.41, 5.74) is 3.38. The molecule has 0 bridgehead atoms. The van der Waals surface area contributed by atoms with Crippen LogP contribution in [0.15, 0.2) is 36.4 Å². The number of halogens is 2. The number of pyridine rings is 1. The predicted octanol–water partition coefficient (Wildman–Crippen LogP) is 5.16. The lowest BCUT2D eigenvalue weighted by molar-refractivity contribution is 0.268. The molecule has 4 nitrogen and oxygen atoms in total. The Kier molecular flexibility index (Phi) is 10.1. The average Bonchev–Trinajstić information content (AvgIpc) is 2.67. The molecule has 1 fully saturated rings. The van der Waals surface area contributed by atoms with E-state index >= 15 is 0 Å². The monoisotopic (exact) mass is 425 g/mol. The summed E-state index contributed by atoms with van der Waals surface area (Å²) in [6.45, 7) is 13.6. The van der Waals surface area contributed by atoms with Gasteiger partial charge >= 0.3 is 0 Å². The Bertz CT molecular complexity index is 731. The van der Waals surface area contributed by atoms with Crippen LogP contribution >= 0.6 is 24.8 Å². The predicted molar refractivity (Wildman–Crippen MR) is 124 cm³/mol. The maximum atomic E-state index is 6.12. The van der Waals surface area contributed by atoms with Crippen LogP contribution in [0.5, 0.6) is 5.75 Å². The lowest BCUT2D eigenvalue weighted by Crippen LogP contribution is -2.43. The second kappa shape index (κ2) is 11.5. The van der Waals surface area contributed by atoms with Gasteiger partial charge < -0.3 is 15.0 Å². The van der Waals surface area contributed by atoms with Crippen molar-refractivity contribution in [3.8, 4) is 17.0 Å². The zero-order valence-corrected chi connectivity index (χ0v) is 18.9. The molecule has 0 aliphatic carbocycles. The van der Waals surface area contributed by atoms with Gasteiger partial charge in [0.1, 0.15) is 11.6 Å². The SMILES string of the molecule is CC(C)COc1cc(-c2cccc(N3CCNCC3)n2)ccc1C(C)C.Cl.Cl. The van der Waals surface area contributed by atoms with Gasteiger partial charge in [-0.05, 0) is 35.6 Å². The van der Waals surface area contributed by atoms with Crippen LogP contribution in [0.25, 0.3) is 11.3 Å². The van der Waals surface area contributed by atoms with Crippen LogP contribution in [0.3, 0.4) is 0 Å². The first-order valence-corrected chi connectivity index (χ1v) is 9.74. The number of piperazine rings is 1. The smallest absolute Gasteiger partial charge is 0.129 e. The van der Waals surface area contributed by atoms with Gasteiger partial charge in [-0.3, -0.25) is 0 Å². The van der Waals surface area contributed by atoms with Gasteiger partial charge in [0.2, 0.25) is 0 Å². The fourth-order valence-electron chi connectivity index (χ4n) is 3.21. The van der Waals surface area contributed by atoms with Crippen molar-refractivity contribution in [1.82, 2.24) is 10.3 Å². The maximum Gasteiger partial charge on any atom is 0.129 e. The number of hydrogen-bond acceptors (Lipinski definition) is 4. The summed E-state index contributed by atoms with van der Waals surface area (Å²) in [6.07, 6.45) is 0. The van der Waals surface area contributed by atoms with E-state index in [2.05, 4.69) is 74.3 Å². The highest BCUT2D eigenvalue weighted by atomic mass is 35.5. The number of benzene rings is 1. The topological polar surface area (TPSA) is 37.4 Å². The van der Waals surface area contributed by atoms with Crippen LogP contribution in [0.1, 0.15) is 39.2 Å². The van der Waals surface area contributed by atoms with E-state index in [4.69, 9.17) is 9.72 Å². The lowest BCUT2D eigenvalue weighted by Gasteiger charge is -2.28. The molecule has 1 aromatic heterocycles. The molecule has 1 aliphatic heterocycles. The Morgan fingerprint density at radius 3 is 2.39 bits per heavy atom. The first-order chi connectivity index (χ1) is 12.5. The Morgan fingerprint density at radius 1 is 1.04 bits per heavy atom. The molecule has 28 heavy (non-hydrogen) atoms. The van der Waals surface area contributed by atoms with Gasteiger partial charge in [0.15, 0.2) is 0 Å². The van der Waals surface area contributed by atoms with Gasteiger partial charge in [0, 0.05) is 31.7 Å². The van der Waals surface area contributed by atoms with Crippen LogP contribution in [-0.4, -0.2) is 37.8 Å². The number of nitrogens with zero attached hydrogens (tertiary/aromatic N) is 2. The molecule has 0 unspecified atom stereocenters. The summed E-state index contributed by atoms with van der Waals surface area (Å²) in [5.74, 6) is 2.99. The third kappa shape index (κ3) is 6.26. The van der Waals surface area contributed by atoms with Gasteiger partial charge in [0.05, 0.1) is 12.3 Å². The standard InChI is InChI=1S/C22H31N3O.2ClH/c1-16(2)15-26-21-14-18(8-9-19(21)17(3)4)20-6-5-7-22(24-20)25-12-10-23-11-13-25;;/h5-9,14,16-17,23H,10-13,15H2,1-4H3;2*1H. The van der Waals surface area contributed by atoms with Crippen LogP contribution in [-0.2, 0) is 0 Å². The molecule has 0 amide bonds. The third-order valence-corrected chi connectivity index (χ3v) is 4.68. The van der Waals surface area contributed by atoms with E-state index in [0.29, 0.717) is 11.8 Å².